The summed E-state index contributed by atoms with van der Waals surface area (Å²) in [7, 11) is -3.78. The zero-order valence-corrected chi connectivity index (χ0v) is 19.6. The average molecular weight is 471 g/mol. The number of aromatic amines is 1. The predicted octanol–water partition coefficient (Wildman–Crippen LogP) is 3.23. The van der Waals surface area contributed by atoms with E-state index in [2.05, 4.69) is 4.98 Å². The van der Waals surface area contributed by atoms with Crippen molar-refractivity contribution in [1.29, 1.82) is 0 Å². The second-order valence-corrected chi connectivity index (χ2v) is 9.99. The molecule has 174 valence electrons. The Morgan fingerprint density at radius 1 is 1.09 bits per heavy atom. The van der Waals surface area contributed by atoms with Crippen LogP contribution in [-0.2, 0) is 19.5 Å². The number of fused-ring (bicyclic) bond motifs is 1. The quantitative estimate of drug-likeness (QED) is 0.438. The van der Waals surface area contributed by atoms with Gasteiger partial charge >= 0.3 is 5.97 Å². The molecule has 1 fully saturated rings. The largest absolute Gasteiger partial charge is 0.451 e. The fourth-order valence-corrected chi connectivity index (χ4v) is 5.67. The summed E-state index contributed by atoms with van der Waals surface area (Å²) in [4.78, 5) is 29.1. The van der Waals surface area contributed by atoms with Crippen LogP contribution in [0.5, 0.6) is 0 Å². The molecule has 8 nitrogen and oxygen atoms in total. The zero-order valence-electron chi connectivity index (χ0n) is 18.8. The van der Waals surface area contributed by atoms with Crippen molar-refractivity contribution in [2.24, 2.45) is 0 Å². The molecule has 2 heterocycles. The van der Waals surface area contributed by atoms with Gasteiger partial charge in [0.05, 0.1) is 23.7 Å². The lowest BCUT2D eigenvalue weighted by Gasteiger charge is -2.26. The van der Waals surface area contributed by atoms with Gasteiger partial charge in [0.2, 0.25) is 15.8 Å². The first-order valence-corrected chi connectivity index (χ1v) is 12.1. The normalized spacial score (nSPS) is 16.0. The van der Waals surface area contributed by atoms with Gasteiger partial charge in [-0.1, -0.05) is 24.3 Å². The second-order valence-electron chi connectivity index (χ2n) is 8.08. The number of nitrogens with one attached hydrogen (secondary N) is 1. The summed E-state index contributed by atoms with van der Waals surface area (Å²) in [5.74, 6) is -1.08. The number of ether oxygens (including phenoxy) is 2. The molecule has 33 heavy (non-hydrogen) atoms. The molecule has 4 rings (SSSR count). The van der Waals surface area contributed by atoms with Crippen LogP contribution in [0.15, 0.2) is 47.4 Å². The zero-order chi connectivity index (χ0) is 23.8. The van der Waals surface area contributed by atoms with Crippen LogP contribution in [0.3, 0.4) is 0 Å². The van der Waals surface area contributed by atoms with Crippen LogP contribution in [0, 0.1) is 13.8 Å². The molecule has 0 aliphatic carbocycles. The molecule has 3 aromatic rings. The van der Waals surface area contributed by atoms with Crippen LogP contribution in [0.4, 0.5) is 0 Å². The summed E-state index contributed by atoms with van der Waals surface area (Å²) in [6.07, 6.45) is -1.05. The molecule has 0 amide bonds. The van der Waals surface area contributed by atoms with Crippen molar-refractivity contribution >= 4 is 32.7 Å². The lowest BCUT2D eigenvalue weighted by molar-refractivity contribution is 0.0319. The number of benzene rings is 2. The van der Waals surface area contributed by atoms with Crippen LogP contribution in [0.25, 0.3) is 10.9 Å². The maximum absolute atomic E-state index is 13.1. The Morgan fingerprint density at radius 3 is 2.52 bits per heavy atom. The van der Waals surface area contributed by atoms with E-state index in [1.54, 1.807) is 19.9 Å². The van der Waals surface area contributed by atoms with Gasteiger partial charge in [-0.25, -0.2) is 13.2 Å². The number of H-pyrrole nitrogens is 1. The Balaban J connectivity index is 1.56. The van der Waals surface area contributed by atoms with E-state index in [0.717, 1.165) is 10.9 Å². The molecule has 0 radical (unpaired) electrons. The lowest BCUT2D eigenvalue weighted by atomic mass is 10.0. The molecule has 0 unspecified atom stereocenters. The van der Waals surface area contributed by atoms with Gasteiger partial charge in [0.25, 0.3) is 0 Å². The van der Waals surface area contributed by atoms with Crippen LogP contribution < -0.4 is 0 Å². The number of para-hydroxylation sites is 1. The van der Waals surface area contributed by atoms with Gasteiger partial charge in [-0.05, 0) is 44.5 Å². The monoisotopic (exact) mass is 470 g/mol. The molecule has 1 atom stereocenters. The summed E-state index contributed by atoms with van der Waals surface area (Å²) in [5, 5.41) is 0.761. The van der Waals surface area contributed by atoms with E-state index in [-0.39, 0.29) is 29.3 Å². The van der Waals surface area contributed by atoms with E-state index in [4.69, 9.17) is 9.47 Å². The maximum atomic E-state index is 13.1. The first-order chi connectivity index (χ1) is 15.7. The molecule has 9 heteroatoms. The number of aromatic nitrogens is 1. The number of hydrogen-bond donors (Lipinski definition) is 1. The summed E-state index contributed by atoms with van der Waals surface area (Å²) in [6, 6.07) is 11.8. The van der Waals surface area contributed by atoms with Crippen LogP contribution >= 0.6 is 0 Å². The Morgan fingerprint density at radius 2 is 1.79 bits per heavy atom. The van der Waals surface area contributed by atoms with Crippen molar-refractivity contribution in [1.82, 2.24) is 9.29 Å². The van der Waals surface area contributed by atoms with Crippen molar-refractivity contribution in [3.8, 4) is 0 Å². The Hall–Kier alpha value is -3.01. The topological polar surface area (TPSA) is 106 Å². The molecule has 1 N–H and O–H groups in total. The average Bonchev–Trinajstić information content (AvgIpc) is 3.14. The fraction of sp³-hybridized carbons (Fsp3) is 0.333. The lowest BCUT2D eigenvalue weighted by Crippen LogP contribution is -2.40. The van der Waals surface area contributed by atoms with Crippen molar-refractivity contribution in [3.63, 3.8) is 0 Å². The smallest absolute Gasteiger partial charge is 0.338 e. The Labute approximate surface area is 192 Å². The number of nitrogens with zero attached hydrogens (tertiary/aromatic N) is 1. The number of carbonyl (C=O) groups excluding carboxylic acids is 2. The van der Waals surface area contributed by atoms with Gasteiger partial charge in [-0.15, -0.1) is 0 Å². The number of aryl methyl sites for hydroxylation is 2. The van der Waals surface area contributed by atoms with E-state index < -0.39 is 22.1 Å². The number of rotatable bonds is 6. The number of Topliss-reactive ketones (excluding diaryl/α,β-unsaturated/α-hetero) is 1. The van der Waals surface area contributed by atoms with Gasteiger partial charge in [-0.3, -0.25) is 4.79 Å². The summed E-state index contributed by atoms with van der Waals surface area (Å²) >= 11 is 0. The van der Waals surface area contributed by atoms with E-state index in [0.29, 0.717) is 30.0 Å². The summed E-state index contributed by atoms with van der Waals surface area (Å²) in [6.45, 7) is 6.15. The van der Waals surface area contributed by atoms with Crippen molar-refractivity contribution in [2.75, 3.05) is 26.3 Å². The van der Waals surface area contributed by atoms with Crippen LogP contribution in [0.1, 0.15) is 38.9 Å². The molecule has 1 aliphatic rings. The molecule has 2 aromatic carbocycles. The van der Waals surface area contributed by atoms with Crippen molar-refractivity contribution in [3.05, 3.63) is 64.8 Å². The first-order valence-electron chi connectivity index (χ1n) is 10.7. The first kappa shape index (κ1) is 23.2. The molecule has 0 bridgehead atoms. The molecule has 0 spiro atoms. The third kappa shape index (κ3) is 4.44. The third-order valence-electron chi connectivity index (χ3n) is 5.80. The Kier molecular flexibility index (Phi) is 6.38. The van der Waals surface area contributed by atoms with Crippen molar-refractivity contribution < 1.29 is 27.5 Å². The number of carbonyl (C=O) groups is 2. The van der Waals surface area contributed by atoms with Crippen molar-refractivity contribution in [2.45, 2.75) is 31.8 Å². The van der Waals surface area contributed by atoms with Gasteiger partial charge in [0.1, 0.15) is 0 Å². The standard InChI is InChI=1S/C24H26N2O6S/c1-15-8-9-18(14-21(15)33(29,30)26-10-12-31-13-11-26)24(28)32-17(3)23(27)22-16(2)25-20-7-5-4-6-19(20)22/h4-9,14,17,25H,10-13H2,1-3H3/t17-/m1/s1. The minimum atomic E-state index is -3.78. The highest BCUT2D eigenvalue weighted by molar-refractivity contribution is 7.89. The molecule has 1 aromatic heterocycles. The molecular formula is C24H26N2O6S. The molecule has 0 saturated carbocycles. The number of morpholine rings is 1. The van der Waals surface area contributed by atoms with E-state index in [1.165, 1.54) is 23.4 Å². The van der Waals surface area contributed by atoms with Gasteiger partial charge in [-0.2, -0.15) is 4.31 Å². The Bertz CT molecular complexity index is 1320. The summed E-state index contributed by atoms with van der Waals surface area (Å²) in [5.41, 5.74) is 2.59. The molecule has 1 aliphatic heterocycles. The minimum absolute atomic E-state index is 0.0466. The van der Waals surface area contributed by atoms with E-state index >= 15 is 0 Å². The predicted molar refractivity (Wildman–Crippen MR) is 123 cm³/mol. The highest BCUT2D eigenvalue weighted by Gasteiger charge is 2.30. The highest BCUT2D eigenvalue weighted by Crippen LogP contribution is 2.25. The van der Waals surface area contributed by atoms with Gasteiger partial charge in [0, 0.05) is 35.2 Å². The highest BCUT2D eigenvalue weighted by atomic mass is 32.2. The number of sulfonamides is 1. The second kappa shape index (κ2) is 9.09. The number of hydrogen-bond acceptors (Lipinski definition) is 6. The summed E-state index contributed by atoms with van der Waals surface area (Å²) < 4.78 is 38.2. The van der Waals surface area contributed by atoms with Gasteiger partial charge in [0.15, 0.2) is 6.10 Å². The van der Waals surface area contributed by atoms with E-state index in [9.17, 15) is 18.0 Å². The maximum Gasteiger partial charge on any atom is 0.338 e. The van der Waals surface area contributed by atoms with E-state index in [1.807, 2.05) is 24.3 Å². The van der Waals surface area contributed by atoms with Gasteiger partial charge < -0.3 is 14.5 Å². The molecular weight excluding hydrogens is 444 g/mol. The number of esters is 1. The van der Waals surface area contributed by atoms with Crippen LogP contribution in [-0.4, -0.2) is 61.9 Å². The fourth-order valence-electron chi connectivity index (χ4n) is 4.01. The number of ketones is 1. The molecule has 1 saturated heterocycles. The minimum Gasteiger partial charge on any atom is -0.451 e. The SMILES string of the molecule is Cc1ccc(C(=O)O[C@H](C)C(=O)c2c(C)[nH]c3ccccc23)cc1S(=O)(=O)N1CCOCC1. The van der Waals surface area contributed by atoms with Crippen LogP contribution in [0.2, 0.25) is 0 Å². The third-order valence-corrected chi connectivity index (χ3v) is 7.85.